The number of ketones is 1. The molecule has 1 saturated carbocycles. The maximum Gasteiger partial charge on any atom is 0.184 e. The molecule has 1 heterocycles. The third-order valence-corrected chi connectivity index (χ3v) is 2.54. The molecular formula is C10H10ClNO2. The molecule has 14 heavy (non-hydrogen) atoms. The first-order valence-corrected chi connectivity index (χ1v) is 4.84. The normalized spacial score (nSPS) is 15.3. The molecule has 0 radical (unpaired) electrons. The van der Waals surface area contributed by atoms with E-state index < -0.39 is 0 Å². The average Bonchev–Trinajstić information content (AvgIpc) is 3.00. The smallest absolute Gasteiger partial charge is 0.184 e. The fourth-order valence-electron chi connectivity index (χ4n) is 1.26. The third kappa shape index (κ3) is 1.73. The molecule has 0 unspecified atom stereocenters. The van der Waals surface area contributed by atoms with E-state index in [0.29, 0.717) is 16.5 Å². The molecule has 1 fully saturated rings. The van der Waals surface area contributed by atoms with Crippen molar-refractivity contribution in [2.45, 2.75) is 12.8 Å². The first-order valence-electron chi connectivity index (χ1n) is 4.46. The summed E-state index contributed by atoms with van der Waals surface area (Å²) in [5.41, 5.74) is 0.443. The molecule has 1 aliphatic rings. The van der Waals surface area contributed by atoms with Gasteiger partial charge in [0.1, 0.15) is 5.69 Å². The van der Waals surface area contributed by atoms with Gasteiger partial charge in [-0.05, 0) is 18.9 Å². The van der Waals surface area contributed by atoms with Crippen LogP contribution in [0.25, 0.3) is 0 Å². The molecule has 0 N–H and O–H groups in total. The molecule has 4 heteroatoms. The summed E-state index contributed by atoms with van der Waals surface area (Å²) in [6.07, 6.45) is 3.44. The second kappa shape index (κ2) is 3.58. The number of hydrogen-bond donors (Lipinski definition) is 0. The lowest BCUT2D eigenvalue weighted by molar-refractivity contribution is 0.0962. The van der Waals surface area contributed by atoms with E-state index in [-0.39, 0.29) is 11.7 Å². The first-order chi connectivity index (χ1) is 6.72. The number of methoxy groups -OCH3 is 1. The van der Waals surface area contributed by atoms with E-state index in [1.165, 1.54) is 13.3 Å². The Hall–Kier alpha value is -1.09. The van der Waals surface area contributed by atoms with Crippen molar-refractivity contribution in [2.75, 3.05) is 7.11 Å². The molecule has 2 rings (SSSR count). The van der Waals surface area contributed by atoms with Crippen molar-refractivity contribution in [3.8, 4) is 5.75 Å². The summed E-state index contributed by atoms with van der Waals surface area (Å²) in [6.45, 7) is 0. The van der Waals surface area contributed by atoms with Crippen molar-refractivity contribution in [1.82, 2.24) is 4.98 Å². The second-order valence-electron chi connectivity index (χ2n) is 3.34. The number of Topliss-reactive ketones (excluding diaryl/α,β-unsaturated/α-hetero) is 1. The Morgan fingerprint density at radius 3 is 2.86 bits per heavy atom. The van der Waals surface area contributed by atoms with Gasteiger partial charge in [0, 0.05) is 5.92 Å². The SMILES string of the molecule is COc1cnc(C(=O)C2CC2)cc1Cl. The van der Waals surface area contributed by atoms with Crippen molar-refractivity contribution in [2.24, 2.45) is 5.92 Å². The Kier molecular flexibility index (Phi) is 2.42. The highest BCUT2D eigenvalue weighted by atomic mass is 35.5. The van der Waals surface area contributed by atoms with E-state index in [1.807, 2.05) is 0 Å². The maximum atomic E-state index is 11.6. The summed E-state index contributed by atoms with van der Waals surface area (Å²) < 4.78 is 4.95. The highest BCUT2D eigenvalue weighted by Crippen LogP contribution is 2.33. The zero-order valence-corrected chi connectivity index (χ0v) is 8.54. The number of hydrogen-bond acceptors (Lipinski definition) is 3. The average molecular weight is 212 g/mol. The molecule has 1 aromatic rings. The fraction of sp³-hybridized carbons (Fsp3) is 0.400. The summed E-state index contributed by atoms with van der Waals surface area (Å²) in [6, 6.07) is 1.57. The van der Waals surface area contributed by atoms with Crippen LogP contribution in [0.3, 0.4) is 0 Å². The number of nitrogens with zero attached hydrogens (tertiary/aromatic N) is 1. The number of rotatable bonds is 3. The zero-order valence-electron chi connectivity index (χ0n) is 7.79. The Balaban J connectivity index is 2.27. The lowest BCUT2D eigenvalue weighted by atomic mass is 10.2. The van der Waals surface area contributed by atoms with Gasteiger partial charge in [-0.3, -0.25) is 4.79 Å². The summed E-state index contributed by atoms with van der Waals surface area (Å²) in [5, 5.41) is 0.437. The predicted molar refractivity (Wildman–Crippen MR) is 52.9 cm³/mol. The maximum absolute atomic E-state index is 11.6. The van der Waals surface area contributed by atoms with Crippen molar-refractivity contribution in [3.05, 3.63) is 23.0 Å². The summed E-state index contributed by atoms with van der Waals surface area (Å²) >= 11 is 5.88. The van der Waals surface area contributed by atoms with E-state index in [2.05, 4.69) is 4.98 Å². The van der Waals surface area contributed by atoms with Gasteiger partial charge in [-0.1, -0.05) is 11.6 Å². The topological polar surface area (TPSA) is 39.2 Å². The van der Waals surface area contributed by atoms with Gasteiger partial charge in [-0.25, -0.2) is 4.98 Å². The van der Waals surface area contributed by atoms with Crippen molar-refractivity contribution >= 4 is 17.4 Å². The highest BCUT2D eigenvalue weighted by molar-refractivity contribution is 6.32. The number of pyridine rings is 1. The molecule has 74 valence electrons. The third-order valence-electron chi connectivity index (χ3n) is 2.24. The molecule has 1 aromatic heterocycles. The van der Waals surface area contributed by atoms with Crippen LogP contribution in [0.15, 0.2) is 12.3 Å². The minimum absolute atomic E-state index is 0.0922. The van der Waals surface area contributed by atoms with E-state index in [1.54, 1.807) is 6.07 Å². The number of aromatic nitrogens is 1. The van der Waals surface area contributed by atoms with Crippen LogP contribution in [0, 0.1) is 5.92 Å². The molecule has 0 aliphatic heterocycles. The van der Waals surface area contributed by atoms with E-state index in [9.17, 15) is 4.79 Å². The molecule has 1 aliphatic carbocycles. The summed E-state index contributed by atoms with van der Waals surface area (Å²) in [5.74, 6) is 0.764. The van der Waals surface area contributed by atoms with Crippen LogP contribution in [0.5, 0.6) is 5.75 Å². The van der Waals surface area contributed by atoms with Gasteiger partial charge in [-0.15, -0.1) is 0 Å². The number of halogens is 1. The Morgan fingerprint density at radius 1 is 1.64 bits per heavy atom. The molecule has 0 aromatic carbocycles. The number of ether oxygens (including phenoxy) is 1. The van der Waals surface area contributed by atoms with Gasteiger partial charge in [0.05, 0.1) is 18.3 Å². The van der Waals surface area contributed by atoms with E-state index >= 15 is 0 Å². The van der Waals surface area contributed by atoms with Crippen LogP contribution in [-0.4, -0.2) is 17.9 Å². The van der Waals surface area contributed by atoms with Crippen LogP contribution in [0.4, 0.5) is 0 Å². The van der Waals surface area contributed by atoms with Gasteiger partial charge >= 0.3 is 0 Å². The summed E-state index contributed by atoms with van der Waals surface area (Å²) in [4.78, 5) is 15.6. The van der Waals surface area contributed by atoms with Crippen LogP contribution in [0.2, 0.25) is 5.02 Å². The zero-order chi connectivity index (χ0) is 10.1. The van der Waals surface area contributed by atoms with Gasteiger partial charge in [0.15, 0.2) is 11.5 Å². The molecular weight excluding hydrogens is 202 g/mol. The second-order valence-corrected chi connectivity index (χ2v) is 3.75. The van der Waals surface area contributed by atoms with Gasteiger partial charge < -0.3 is 4.74 Å². The standard InChI is InChI=1S/C10H10ClNO2/c1-14-9-5-12-8(4-7(9)11)10(13)6-2-3-6/h4-6H,2-3H2,1H3. The summed E-state index contributed by atoms with van der Waals surface area (Å²) in [7, 11) is 1.52. The Bertz CT molecular complexity index is 374. The number of carbonyl (C=O) groups is 1. The lowest BCUT2D eigenvalue weighted by Gasteiger charge is -2.03. The van der Waals surface area contributed by atoms with Crippen LogP contribution >= 0.6 is 11.6 Å². The Labute approximate surface area is 87.0 Å². The largest absolute Gasteiger partial charge is 0.494 e. The monoisotopic (exact) mass is 211 g/mol. The quantitative estimate of drug-likeness (QED) is 0.721. The van der Waals surface area contributed by atoms with E-state index in [4.69, 9.17) is 16.3 Å². The lowest BCUT2D eigenvalue weighted by Crippen LogP contribution is -2.04. The minimum atomic E-state index is 0.0922. The predicted octanol–water partition coefficient (Wildman–Crippen LogP) is 2.34. The van der Waals surface area contributed by atoms with Gasteiger partial charge in [0.25, 0.3) is 0 Å². The molecule has 3 nitrogen and oxygen atoms in total. The van der Waals surface area contributed by atoms with Crippen LogP contribution in [0.1, 0.15) is 23.3 Å². The minimum Gasteiger partial charge on any atom is -0.494 e. The first kappa shape index (κ1) is 9.46. The molecule has 0 atom stereocenters. The Morgan fingerprint density at radius 2 is 2.36 bits per heavy atom. The van der Waals surface area contributed by atoms with Crippen LogP contribution < -0.4 is 4.74 Å². The highest BCUT2D eigenvalue weighted by Gasteiger charge is 2.31. The molecule has 0 bridgehead atoms. The van der Waals surface area contributed by atoms with E-state index in [0.717, 1.165) is 12.8 Å². The van der Waals surface area contributed by atoms with Gasteiger partial charge in [0.2, 0.25) is 0 Å². The fourth-order valence-corrected chi connectivity index (χ4v) is 1.49. The molecule has 0 spiro atoms. The van der Waals surface area contributed by atoms with Crippen molar-refractivity contribution in [3.63, 3.8) is 0 Å². The van der Waals surface area contributed by atoms with Crippen LogP contribution in [-0.2, 0) is 0 Å². The number of carbonyl (C=O) groups excluding carboxylic acids is 1. The van der Waals surface area contributed by atoms with Gasteiger partial charge in [-0.2, -0.15) is 0 Å². The molecule has 0 amide bonds. The van der Waals surface area contributed by atoms with Crippen molar-refractivity contribution < 1.29 is 9.53 Å². The van der Waals surface area contributed by atoms with Crippen molar-refractivity contribution in [1.29, 1.82) is 0 Å². The molecule has 0 saturated heterocycles.